The zero-order chi connectivity index (χ0) is 18.6. The van der Waals surface area contributed by atoms with Crippen LogP contribution in [0.2, 0.25) is 0 Å². The first-order valence-corrected chi connectivity index (χ1v) is 8.65. The van der Waals surface area contributed by atoms with Crippen LogP contribution in [0.1, 0.15) is 5.56 Å². The van der Waals surface area contributed by atoms with Crippen molar-refractivity contribution in [2.75, 3.05) is 0 Å². The largest absolute Gasteiger partial charge is 0.283 e. The maximum Gasteiger partial charge on any atom is 0.263 e. The van der Waals surface area contributed by atoms with Gasteiger partial charge in [-0.25, -0.2) is 0 Å². The minimum atomic E-state index is -0.149. The van der Waals surface area contributed by atoms with Crippen LogP contribution >= 0.6 is 0 Å². The average Bonchev–Trinajstić information content (AvgIpc) is 2.75. The summed E-state index contributed by atoms with van der Waals surface area (Å²) in [5.74, 6) is 0. The molecule has 128 valence electrons. The quantitative estimate of drug-likeness (QED) is 0.520. The van der Waals surface area contributed by atoms with Crippen LogP contribution in [-0.2, 0) is 0 Å². The molecule has 3 aromatic carbocycles. The summed E-state index contributed by atoms with van der Waals surface area (Å²) in [5.41, 5.74) is 4.21. The molecule has 0 N–H and O–H groups in total. The van der Waals surface area contributed by atoms with E-state index in [0.717, 1.165) is 16.8 Å². The van der Waals surface area contributed by atoms with Crippen molar-refractivity contribution in [1.29, 1.82) is 5.26 Å². The second kappa shape index (κ2) is 7.15. The Morgan fingerprint density at radius 3 is 2.04 bits per heavy atom. The zero-order valence-corrected chi connectivity index (χ0v) is 14.5. The van der Waals surface area contributed by atoms with Crippen LogP contribution in [0.4, 0.5) is 0 Å². The first-order valence-electron chi connectivity index (χ1n) is 8.65. The molecule has 0 saturated carbocycles. The third kappa shape index (κ3) is 3.17. The smallest absolute Gasteiger partial charge is 0.263 e. The van der Waals surface area contributed by atoms with Gasteiger partial charge < -0.3 is 0 Å². The Morgan fingerprint density at radius 1 is 0.704 bits per heavy atom. The second-order valence-electron chi connectivity index (χ2n) is 6.18. The van der Waals surface area contributed by atoms with E-state index in [1.54, 1.807) is 16.7 Å². The lowest BCUT2D eigenvalue weighted by Gasteiger charge is -2.13. The summed E-state index contributed by atoms with van der Waals surface area (Å²) in [6.45, 7) is 0. The highest BCUT2D eigenvalue weighted by Gasteiger charge is 2.14. The van der Waals surface area contributed by atoms with E-state index in [1.807, 2.05) is 85.1 Å². The molecule has 0 fully saturated rings. The topological polar surface area (TPSA) is 45.8 Å². The van der Waals surface area contributed by atoms with Gasteiger partial charge in [0, 0.05) is 23.0 Å². The molecule has 0 atom stereocenters. The van der Waals surface area contributed by atoms with E-state index in [-0.39, 0.29) is 5.56 Å². The van der Waals surface area contributed by atoms with Gasteiger partial charge in [0.05, 0.1) is 11.6 Å². The van der Waals surface area contributed by atoms with Crippen molar-refractivity contribution in [3.8, 4) is 34.0 Å². The first kappa shape index (κ1) is 16.6. The van der Waals surface area contributed by atoms with Crippen LogP contribution in [0.3, 0.4) is 0 Å². The van der Waals surface area contributed by atoms with Crippen molar-refractivity contribution in [3.63, 3.8) is 0 Å². The third-order valence-electron chi connectivity index (χ3n) is 4.50. The standard InChI is InChI=1S/C24H16N2O/c25-16-19-11-7-8-14-22(19)23-15-20(18-9-3-1-4-10-18)17-26(24(23)27)21-12-5-2-6-13-21/h1-15,17H. The number of nitrogens with zero attached hydrogens (tertiary/aromatic N) is 2. The van der Waals surface area contributed by atoms with Crippen molar-refractivity contribution in [3.05, 3.63) is 113 Å². The lowest BCUT2D eigenvalue weighted by atomic mass is 9.98. The molecule has 0 bridgehead atoms. The third-order valence-corrected chi connectivity index (χ3v) is 4.50. The summed E-state index contributed by atoms with van der Waals surface area (Å²) < 4.78 is 1.64. The van der Waals surface area contributed by atoms with Crippen molar-refractivity contribution in [2.24, 2.45) is 0 Å². The van der Waals surface area contributed by atoms with Crippen LogP contribution in [-0.4, -0.2) is 4.57 Å². The molecule has 0 spiro atoms. The Kier molecular flexibility index (Phi) is 4.38. The van der Waals surface area contributed by atoms with Crippen LogP contribution < -0.4 is 5.56 Å². The van der Waals surface area contributed by atoms with Gasteiger partial charge in [-0.3, -0.25) is 9.36 Å². The predicted octanol–water partition coefficient (Wildman–Crippen LogP) is 5.04. The van der Waals surface area contributed by atoms with Gasteiger partial charge in [0.2, 0.25) is 0 Å². The number of hydrogen-bond donors (Lipinski definition) is 0. The van der Waals surface area contributed by atoms with Gasteiger partial charge in [0.1, 0.15) is 0 Å². The number of benzene rings is 3. The van der Waals surface area contributed by atoms with Gasteiger partial charge in [-0.05, 0) is 35.4 Å². The van der Waals surface area contributed by atoms with Gasteiger partial charge in [-0.15, -0.1) is 0 Å². The van der Waals surface area contributed by atoms with Crippen LogP contribution in [0.25, 0.3) is 27.9 Å². The molecule has 4 rings (SSSR count). The summed E-state index contributed by atoms with van der Waals surface area (Å²) >= 11 is 0. The molecule has 0 amide bonds. The molecule has 1 aromatic heterocycles. The fraction of sp³-hybridized carbons (Fsp3) is 0. The fourth-order valence-electron chi connectivity index (χ4n) is 3.16. The second-order valence-corrected chi connectivity index (χ2v) is 6.18. The lowest BCUT2D eigenvalue weighted by molar-refractivity contribution is 0.995. The lowest BCUT2D eigenvalue weighted by Crippen LogP contribution is -2.20. The molecule has 0 unspecified atom stereocenters. The highest BCUT2D eigenvalue weighted by Crippen LogP contribution is 2.26. The Labute approximate surface area is 157 Å². The summed E-state index contributed by atoms with van der Waals surface area (Å²) in [7, 11) is 0. The maximum atomic E-state index is 13.3. The minimum absolute atomic E-state index is 0.149. The molecule has 0 aliphatic carbocycles. The molecule has 0 radical (unpaired) electrons. The molecule has 0 saturated heterocycles. The molecule has 1 heterocycles. The van der Waals surface area contributed by atoms with E-state index in [2.05, 4.69) is 6.07 Å². The number of pyridine rings is 1. The molecule has 0 aliphatic heterocycles. The number of nitriles is 1. The molecule has 4 aromatic rings. The average molecular weight is 348 g/mol. The number of rotatable bonds is 3. The summed E-state index contributed by atoms with van der Waals surface area (Å²) in [6, 6.07) is 30.7. The monoisotopic (exact) mass is 348 g/mol. The number of para-hydroxylation sites is 1. The van der Waals surface area contributed by atoms with Crippen molar-refractivity contribution >= 4 is 0 Å². The van der Waals surface area contributed by atoms with Gasteiger partial charge >= 0.3 is 0 Å². The van der Waals surface area contributed by atoms with Gasteiger partial charge in [-0.2, -0.15) is 5.26 Å². The Morgan fingerprint density at radius 2 is 1.33 bits per heavy atom. The molecule has 0 aliphatic rings. The van der Waals surface area contributed by atoms with Crippen molar-refractivity contribution < 1.29 is 0 Å². The van der Waals surface area contributed by atoms with E-state index in [9.17, 15) is 10.1 Å². The molecule has 27 heavy (non-hydrogen) atoms. The first-order chi connectivity index (χ1) is 13.3. The number of aromatic nitrogens is 1. The Balaban J connectivity index is 2.04. The molecular formula is C24H16N2O. The van der Waals surface area contributed by atoms with Crippen LogP contribution in [0.15, 0.2) is 102 Å². The molecule has 3 nitrogen and oxygen atoms in total. The maximum absolute atomic E-state index is 13.3. The SMILES string of the molecule is N#Cc1ccccc1-c1cc(-c2ccccc2)cn(-c2ccccc2)c1=O. The van der Waals surface area contributed by atoms with E-state index >= 15 is 0 Å². The summed E-state index contributed by atoms with van der Waals surface area (Å²) in [4.78, 5) is 13.3. The van der Waals surface area contributed by atoms with Gasteiger partial charge in [0.15, 0.2) is 0 Å². The normalized spacial score (nSPS) is 10.3. The zero-order valence-electron chi connectivity index (χ0n) is 14.5. The molecular weight excluding hydrogens is 332 g/mol. The Hall–Kier alpha value is -3.90. The Bertz CT molecular complexity index is 1190. The van der Waals surface area contributed by atoms with Crippen molar-refractivity contribution in [2.45, 2.75) is 0 Å². The van der Waals surface area contributed by atoms with E-state index in [4.69, 9.17) is 0 Å². The van der Waals surface area contributed by atoms with Crippen molar-refractivity contribution in [1.82, 2.24) is 4.57 Å². The van der Waals surface area contributed by atoms with E-state index in [1.165, 1.54) is 0 Å². The summed E-state index contributed by atoms with van der Waals surface area (Å²) in [5, 5.41) is 9.48. The predicted molar refractivity (Wildman–Crippen MR) is 108 cm³/mol. The van der Waals surface area contributed by atoms with Gasteiger partial charge in [0.25, 0.3) is 5.56 Å². The van der Waals surface area contributed by atoms with Crippen LogP contribution in [0, 0.1) is 11.3 Å². The van der Waals surface area contributed by atoms with Gasteiger partial charge in [-0.1, -0.05) is 66.7 Å². The van der Waals surface area contributed by atoms with Crippen LogP contribution in [0.5, 0.6) is 0 Å². The summed E-state index contributed by atoms with van der Waals surface area (Å²) in [6.07, 6.45) is 1.85. The fourth-order valence-corrected chi connectivity index (χ4v) is 3.16. The van der Waals surface area contributed by atoms with E-state index < -0.39 is 0 Å². The highest BCUT2D eigenvalue weighted by atomic mass is 16.1. The minimum Gasteiger partial charge on any atom is -0.283 e. The highest BCUT2D eigenvalue weighted by molar-refractivity contribution is 5.75. The number of hydrogen-bond acceptors (Lipinski definition) is 2. The van der Waals surface area contributed by atoms with E-state index in [0.29, 0.717) is 16.7 Å². The molecule has 3 heteroatoms.